The minimum absolute atomic E-state index is 0.177. The zero-order valence-electron chi connectivity index (χ0n) is 37.0. The van der Waals surface area contributed by atoms with Crippen LogP contribution in [0.25, 0.3) is 33.4 Å². The van der Waals surface area contributed by atoms with E-state index in [0.717, 1.165) is 36.8 Å². The molecule has 6 rings (SSSR count). The summed E-state index contributed by atoms with van der Waals surface area (Å²) < 4.78 is 206. The van der Waals surface area contributed by atoms with Gasteiger partial charge in [-0.3, -0.25) is 15.0 Å². The van der Waals surface area contributed by atoms with Crippen LogP contribution in [0.1, 0.15) is 67.2 Å². The smallest absolute Gasteiger partial charge is 0.254 e. The fraction of sp³-hybridized carbons (Fsp3) is 0.312. The Labute approximate surface area is 375 Å². The number of rotatable bonds is 9. The molecule has 0 aliphatic carbocycles. The molecule has 0 atom stereocenters. The zero-order chi connectivity index (χ0) is 50.3. The Morgan fingerprint density at radius 2 is 0.552 bits per heavy atom. The molecule has 0 spiro atoms. The summed E-state index contributed by atoms with van der Waals surface area (Å²) in [5.41, 5.74) is 4.19. The van der Waals surface area contributed by atoms with Gasteiger partial charge in [0.05, 0.1) is 0 Å². The summed E-state index contributed by atoms with van der Waals surface area (Å²) in [6, 6.07) is 10.3. The van der Waals surface area contributed by atoms with Gasteiger partial charge in [0.1, 0.15) is 17.1 Å². The predicted molar refractivity (Wildman–Crippen MR) is 226 cm³/mol. The number of alkyl halides is 15. The average Bonchev–Trinajstić information content (AvgIpc) is 3.19. The number of hydrogen-bond donors (Lipinski definition) is 0. The molecule has 0 bridgehead atoms. The Balaban J connectivity index is 1.69. The van der Waals surface area contributed by atoms with Gasteiger partial charge in [0.25, 0.3) is 0 Å². The van der Waals surface area contributed by atoms with Crippen molar-refractivity contribution in [1.29, 1.82) is 0 Å². The van der Waals surface area contributed by atoms with Gasteiger partial charge in [0.15, 0.2) is 0 Å². The first kappa shape index (κ1) is 50.5. The molecule has 0 fully saturated rings. The number of aryl methyl sites for hydroxylation is 6. The fourth-order valence-corrected chi connectivity index (χ4v) is 9.32. The highest BCUT2D eigenvalue weighted by Gasteiger charge is 2.61. The van der Waals surface area contributed by atoms with Crippen molar-refractivity contribution in [2.45, 2.75) is 98.6 Å². The van der Waals surface area contributed by atoms with Gasteiger partial charge in [0.2, 0.25) is 6.71 Å². The quantitative estimate of drug-likeness (QED) is 0.107. The third-order valence-electron chi connectivity index (χ3n) is 12.1. The molecule has 3 aromatic carbocycles. The molecule has 0 radical (unpaired) electrons. The second kappa shape index (κ2) is 17.0. The molecule has 0 amide bonds. The first-order valence-electron chi connectivity index (χ1n) is 20.2. The van der Waals surface area contributed by atoms with Gasteiger partial charge in [-0.25, -0.2) is 0 Å². The van der Waals surface area contributed by atoms with Crippen LogP contribution in [-0.4, -0.2) is 40.2 Å². The number of pyridine rings is 3. The maximum Gasteiger partial charge on any atom is 0.459 e. The van der Waals surface area contributed by atoms with E-state index in [1.54, 1.807) is 80.5 Å². The second-order valence-corrected chi connectivity index (χ2v) is 16.7. The fourth-order valence-electron chi connectivity index (χ4n) is 9.32. The molecule has 67 heavy (non-hydrogen) atoms. The largest absolute Gasteiger partial charge is 0.459 e. The third kappa shape index (κ3) is 8.66. The highest BCUT2D eigenvalue weighted by atomic mass is 19.4. The second-order valence-electron chi connectivity index (χ2n) is 16.7. The van der Waals surface area contributed by atoms with Crippen molar-refractivity contribution < 1.29 is 65.9 Å². The van der Waals surface area contributed by atoms with Crippen LogP contribution in [0.15, 0.2) is 73.2 Å². The van der Waals surface area contributed by atoms with Gasteiger partial charge in [-0.15, -0.1) is 0 Å². The van der Waals surface area contributed by atoms with E-state index < -0.39 is 60.1 Å². The molecular weight excluding hydrogens is 914 g/mol. The standard InChI is InChI=1S/C48H39BF15N3/c1-22-16-25(4)40(28(7)37(22)31-10-13-34(65-19-31)43(50,51)46(56,57)58)49(41-26(5)17-23(2)38(29(41)8)32-11-14-35(66-20-32)44(52,53)47(59,60)61)42-27(6)18-24(3)39(30(42)9)33-12-15-36(67-21-33)45(54,55)48(62,63)64/h10-21H,1-9H3. The molecule has 0 N–H and O–H groups in total. The van der Waals surface area contributed by atoms with Crippen LogP contribution in [0, 0.1) is 62.3 Å². The SMILES string of the molecule is Cc1cc(C)c(-c2ccc(C(F)(F)C(F)(F)F)nc2)c(C)c1B(c1c(C)cc(C)c(-c2ccc(C(F)(F)C(F)(F)F)nc2)c1C)c1c(C)cc(C)c(-c2ccc(C(F)(F)C(F)(F)F)nc2)c1C. The predicted octanol–water partition coefficient (Wildman–Crippen LogP) is 13.1. The lowest BCUT2D eigenvalue weighted by molar-refractivity contribution is -0.291. The summed E-state index contributed by atoms with van der Waals surface area (Å²) >= 11 is 0. The van der Waals surface area contributed by atoms with Crippen LogP contribution in [0.3, 0.4) is 0 Å². The number of nitrogens with zero attached hydrogens (tertiary/aromatic N) is 3. The van der Waals surface area contributed by atoms with E-state index in [1.165, 1.54) is 0 Å². The Kier molecular flexibility index (Phi) is 12.8. The van der Waals surface area contributed by atoms with E-state index >= 15 is 0 Å². The van der Waals surface area contributed by atoms with Crippen molar-refractivity contribution in [3.8, 4) is 33.4 Å². The van der Waals surface area contributed by atoms with E-state index in [-0.39, 0.29) is 16.7 Å². The molecule has 0 unspecified atom stereocenters. The number of halogens is 15. The number of hydrogen-bond acceptors (Lipinski definition) is 3. The Hall–Kier alpha value is -5.88. The maximum atomic E-state index is 14.4. The summed E-state index contributed by atoms with van der Waals surface area (Å²) in [7, 11) is 0. The molecule has 0 saturated carbocycles. The third-order valence-corrected chi connectivity index (χ3v) is 12.1. The Bertz CT molecular complexity index is 2550. The highest BCUT2D eigenvalue weighted by molar-refractivity contribution is 6.97. The Morgan fingerprint density at radius 1 is 0.328 bits per heavy atom. The maximum absolute atomic E-state index is 14.4. The van der Waals surface area contributed by atoms with Crippen LogP contribution in [0.4, 0.5) is 65.9 Å². The molecule has 0 aliphatic rings. The first-order valence-corrected chi connectivity index (χ1v) is 20.2. The van der Waals surface area contributed by atoms with E-state index in [4.69, 9.17) is 0 Å². The van der Waals surface area contributed by atoms with Gasteiger partial charge in [-0.2, -0.15) is 65.9 Å². The zero-order valence-corrected chi connectivity index (χ0v) is 37.0. The molecule has 354 valence electrons. The van der Waals surface area contributed by atoms with E-state index in [1.807, 2.05) is 0 Å². The van der Waals surface area contributed by atoms with Crippen LogP contribution >= 0.6 is 0 Å². The monoisotopic (exact) mass is 953 g/mol. The lowest BCUT2D eigenvalue weighted by atomic mass is 9.32. The summed E-state index contributed by atoms with van der Waals surface area (Å²) in [6.45, 7) is 14.7. The van der Waals surface area contributed by atoms with Crippen LogP contribution in [0.5, 0.6) is 0 Å². The van der Waals surface area contributed by atoms with Crippen LogP contribution in [-0.2, 0) is 17.8 Å². The Morgan fingerprint density at radius 3 is 0.731 bits per heavy atom. The molecule has 6 aromatic rings. The minimum Gasteiger partial charge on any atom is -0.254 e. The van der Waals surface area contributed by atoms with Crippen molar-refractivity contribution in [3.05, 3.63) is 140 Å². The van der Waals surface area contributed by atoms with E-state index in [9.17, 15) is 65.9 Å². The molecule has 3 aromatic heterocycles. The molecule has 19 heteroatoms. The van der Waals surface area contributed by atoms with Gasteiger partial charge in [-0.1, -0.05) is 69.5 Å². The lowest BCUT2D eigenvalue weighted by Crippen LogP contribution is -2.58. The topological polar surface area (TPSA) is 38.7 Å². The lowest BCUT2D eigenvalue weighted by Gasteiger charge is -2.31. The van der Waals surface area contributed by atoms with Crippen molar-refractivity contribution in [2.75, 3.05) is 0 Å². The van der Waals surface area contributed by atoms with Crippen LogP contribution < -0.4 is 16.4 Å². The van der Waals surface area contributed by atoms with E-state index in [0.29, 0.717) is 101 Å². The van der Waals surface area contributed by atoms with Gasteiger partial charge < -0.3 is 0 Å². The summed E-state index contributed by atoms with van der Waals surface area (Å²) in [4.78, 5) is 10.6. The normalized spacial score (nSPS) is 13.1. The van der Waals surface area contributed by atoms with Crippen molar-refractivity contribution in [3.63, 3.8) is 0 Å². The highest BCUT2D eigenvalue weighted by Crippen LogP contribution is 2.46. The average molecular weight is 954 g/mol. The van der Waals surface area contributed by atoms with Gasteiger partial charge in [-0.05, 0) is 131 Å². The number of benzene rings is 3. The summed E-state index contributed by atoms with van der Waals surface area (Å²) in [6.07, 6.45) is -15.1. The first-order chi connectivity index (χ1) is 30.7. The van der Waals surface area contributed by atoms with Crippen LogP contribution in [0.2, 0.25) is 0 Å². The molecule has 0 aliphatic heterocycles. The molecule has 3 heterocycles. The van der Waals surface area contributed by atoms with Gasteiger partial charge in [0, 0.05) is 35.3 Å². The van der Waals surface area contributed by atoms with Crippen molar-refractivity contribution >= 4 is 23.1 Å². The summed E-state index contributed by atoms with van der Waals surface area (Å²) in [5.74, 6) is -15.8. The van der Waals surface area contributed by atoms with Gasteiger partial charge >= 0.3 is 36.3 Å². The van der Waals surface area contributed by atoms with Crippen molar-refractivity contribution in [1.82, 2.24) is 15.0 Å². The minimum atomic E-state index is -5.93. The van der Waals surface area contributed by atoms with Crippen molar-refractivity contribution in [2.24, 2.45) is 0 Å². The number of aromatic nitrogens is 3. The molecule has 0 saturated heterocycles. The van der Waals surface area contributed by atoms with E-state index in [2.05, 4.69) is 15.0 Å². The molecular formula is C48H39BF15N3. The summed E-state index contributed by atoms with van der Waals surface area (Å²) in [5, 5.41) is 0. The molecule has 3 nitrogen and oxygen atoms in total.